The van der Waals surface area contributed by atoms with Crippen LogP contribution in [-0.4, -0.2) is 36.9 Å². The van der Waals surface area contributed by atoms with E-state index in [-0.39, 0.29) is 23.4 Å². The number of hydrogen-bond acceptors (Lipinski definition) is 4. The van der Waals surface area contributed by atoms with Gasteiger partial charge >= 0.3 is 0 Å². The van der Waals surface area contributed by atoms with Crippen LogP contribution >= 0.6 is 0 Å². The highest BCUT2D eigenvalue weighted by Crippen LogP contribution is 2.21. The number of rotatable bonds is 3. The fraction of sp³-hybridized carbons (Fsp3) is 0.500. The Balaban J connectivity index is 1.81. The molecule has 2 aromatic heterocycles. The second kappa shape index (κ2) is 5.98. The predicted molar refractivity (Wildman–Crippen MR) is 85.0 cm³/mol. The maximum atomic E-state index is 12.8. The molecule has 0 saturated heterocycles. The van der Waals surface area contributed by atoms with Crippen molar-refractivity contribution in [3.05, 3.63) is 46.2 Å². The predicted octanol–water partition coefficient (Wildman–Crippen LogP) is 1.24. The summed E-state index contributed by atoms with van der Waals surface area (Å²) in [4.78, 5) is 37.5. The highest BCUT2D eigenvalue weighted by molar-refractivity contribution is 5.80. The number of carbonyl (C=O) groups excluding carboxylic acids is 1. The molecule has 7 nitrogen and oxygen atoms in total. The molecule has 0 saturated carbocycles. The quantitative estimate of drug-likeness (QED) is 0.923. The van der Waals surface area contributed by atoms with Gasteiger partial charge in [-0.15, -0.1) is 0 Å². The summed E-state index contributed by atoms with van der Waals surface area (Å²) in [6.07, 6.45) is 5.51. The zero-order chi connectivity index (χ0) is 16.6. The van der Waals surface area contributed by atoms with Crippen LogP contribution in [0.4, 0.5) is 0 Å². The number of carbonyl (C=O) groups is 1. The second-order valence-corrected chi connectivity index (χ2v) is 6.19. The molecule has 0 aliphatic carbocycles. The van der Waals surface area contributed by atoms with E-state index in [1.807, 2.05) is 17.7 Å². The van der Waals surface area contributed by atoms with Gasteiger partial charge in [-0.05, 0) is 13.3 Å². The van der Waals surface area contributed by atoms with Crippen LogP contribution in [0.15, 0.2) is 23.5 Å². The summed E-state index contributed by atoms with van der Waals surface area (Å²) in [5, 5.41) is 0. The third-order valence-corrected chi connectivity index (χ3v) is 4.31. The molecular weight excluding hydrogens is 294 g/mol. The highest BCUT2D eigenvalue weighted by atomic mass is 16.2. The summed E-state index contributed by atoms with van der Waals surface area (Å²) >= 11 is 0. The van der Waals surface area contributed by atoms with Crippen molar-refractivity contribution >= 4 is 5.91 Å². The third kappa shape index (κ3) is 2.78. The maximum absolute atomic E-state index is 12.8. The van der Waals surface area contributed by atoms with Gasteiger partial charge in [0.2, 0.25) is 5.91 Å². The van der Waals surface area contributed by atoms with E-state index in [2.05, 4.69) is 28.8 Å². The van der Waals surface area contributed by atoms with Gasteiger partial charge in [0.25, 0.3) is 5.56 Å². The van der Waals surface area contributed by atoms with E-state index in [9.17, 15) is 9.59 Å². The van der Waals surface area contributed by atoms with E-state index in [1.54, 1.807) is 11.1 Å². The first-order chi connectivity index (χ1) is 11.0. The molecule has 1 aliphatic heterocycles. The van der Waals surface area contributed by atoms with Crippen molar-refractivity contribution < 1.29 is 4.79 Å². The van der Waals surface area contributed by atoms with E-state index in [1.165, 1.54) is 6.33 Å². The van der Waals surface area contributed by atoms with Gasteiger partial charge < -0.3 is 14.5 Å². The van der Waals surface area contributed by atoms with Crippen LogP contribution in [0.1, 0.15) is 49.8 Å². The number of imidazole rings is 1. The Morgan fingerprint density at radius 3 is 2.83 bits per heavy atom. The zero-order valence-corrected chi connectivity index (χ0v) is 13.6. The van der Waals surface area contributed by atoms with Crippen molar-refractivity contribution in [3.63, 3.8) is 0 Å². The summed E-state index contributed by atoms with van der Waals surface area (Å²) in [6, 6.07) is -0.321. The van der Waals surface area contributed by atoms with Crippen LogP contribution in [0.25, 0.3) is 0 Å². The molecule has 23 heavy (non-hydrogen) atoms. The molecule has 1 aliphatic rings. The Bertz CT molecular complexity index is 777. The van der Waals surface area contributed by atoms with Crippen molar-refractivity contribution in [2.45, 2.75) is 45.7 Å². The maximum Gasteiger partial charge on any atom is 0.254 e. The lowest BCUT2D eigenvalue weighted by Gasteiger charge is -2.30. The molecule has 1 amide bonds. The number of hydrogen-bond donors (Lipinski definition) is 1. The highest BCUT2D eigenvalue weighted by Gasteiger charge is 2.28. The monoisotopic (exact) mass is 315 g/mol. The second-order valence-electron chi connectivity index (χ2n) is 6.19. The number of nitrogens with zero attached hydrogens (tertiary/aromatic N) is 4. The van der Waals surface area contributed by atoms with Crippen LogP contribution in [0.5, 0.6) is 0 Å². The molecule has 3 heterocycles. The van der Waals surface area contributed by atoms with Crippen molar-refractivity contribution in [2.24, 2.45) is 0 Å². The van der Waals surface area contributed by atoms with Gasteiger partial charge in [0.05, 0.1) is 18.6 Å². The molecule has 0 radical (unpaired) electrons. The Hall–Kier alpha value is -2.44. The molecular formula is C16H21N5O2. The van der Waals surface area contributed by atoms with Crippen molar-refractivity contribution in [2.75, 3.05) is 6.54 Å². The van der Waals surface area contributed by atoms with Crippen LogP contribution in [0, 0.1) is 0 Å². The average molecular weight is 315 g/mol. The largest absolute Gasteiger partial charge is 0.335 e. The number of amides is 1. The molecule has 0 fully saturated rings. The van der Waals surface area contributed by atoms with E-state index in [0.717, 1.165) is 5.82 Å². The molecule has 0 aromatic carbocycles. The first-order valence-corrected chi connectivity index (χ1v) is 7.86. The summed E-state index contributed by atoms with van der Waals surface area (Å²) in [7, 11) is 0. The summed E-state index contributed by atoms with van der Waals surface area (Å²) < 4.78 is 1.92. The topological polar surface area (TPSA) is 83.9 Å². The molecule has 1 N–H and O–H groups in total. The van der Waals surface area contributed by atoms with Crippen molar-refractivity contribution in [1.82, 2.24) is 24.4 Å². The van der Waals surface area contributed by atoms with Crippen molar-refractivity contribution in [3.8, 4) is 0 Å². The lowest BCUT2D eigenvalue weighted by Crippen LogP contribution is -2.42. The first kappa shape index (κ1) is 15.5. The first-order valence-electron chi connectivity index (χ1n) is 7.86. The van der Waals surface area contributed by atoms with E-state index < -0.39 is 0 Å². The summed E-state index contributed by atoms with van der Waals surface area (Å²) in [5.41, 5.74) is 1.27. The number of H-pyrrole nitrogens is 1. The van der Waals surface area contributed by atoms with Crippen LogP contribution < -0.4 is 5.56 Å². The number of nitrogens with one attached hydrogen (secondary N) is 1. The van der Waals surface area contributed by atoms with Crippen LogP contribution in [-0.2, 0) is 17.8 Å². The molecule has 122 valence electrons. The molecule has 3 rings (SSSR count). The SMILES string of the molecule is CC(C)c1nccn1[C@H](C)C(=O)N1CCc2c(nc[nH]c2=O)C1. The van der Waals surface area contributed by atoms with Gasteiger partial charge in [0, 0.05) is 30.4 Å². The summed E-state index contributed by atoms with van der Waals surface area (Å²) in [5.74, 6) is 1.18. The van der Waals surface area contributed by atoms with Gasteiger partial charge in [-0.2, -0.15) is 0 Å². The fourth-order valence-corrected chi connectivity index (χ4v) is 3.04. The van der Waals surface area contributed by atoms with Crippen LogP contribution in [0.2, 0.25) is 0 Å². The fourth-order valence-electron chi connectivity index (χ4n) is 3.04. The third-order valence-electron chi connectivity index (χ3n) is 4.31. The molecule has 0 unspecified atom stereocenters. The number of fused-ring (bicyclic) bond motifs is 1. The number of aromatic nitrogens is 4. The molecule has 7 heteroatoms. The van der Waals surface area contributed by atoms with Gasteiger partial charge in [-0.1, -0.05) is 13.8 Å². The summed E-state index contributed by atoms with van der Waals surface area (Å²) in [6.45, 7) is 6.92. The number of aromatic amines is 1. The lowest BCUT2D eigenvalue weighted by molar-refractivity contribution is -0.135. The molecule has 1 atom stereocenters. The van der Waals surface area contributed by atoms with Gasteiger partial charge in [-0.3, -0.25) is 9.59 Å². The normalized spacial score (nSPS) is 15.6. The van der Waals surface area contributed by atoms with Gasteiger partial charge in [0.1, 0.15) is 11.9 Å². The van der Waals surface area contributed by atoms with Crippen LogP contribution in [0.3, 0.4) is 0 Å². The van der Waals surface area contributed by atoms with Gasteiger partial charge in [-0.25, -0.2) is 9.97 Å². The molecule has 2 aromatic rings. The van der Waals surface area contributed by atoms with E-state index >= 15 is 0 Å². The van der Waals surface area contributed by atoms with E-state index in [4.69, 9.17) is 0 Å². The minimum Gasteiger partial charge on any atom is -0.335 e. The van der Waals surface area contributed by atoms with Crippen molar-refractivity contribution in [1.29, 1.82) is 0 Å². The molecule has 0 bridgehead atoms. The van der Waals surface area contributed by atoms with E-state index in [0.29, 0.717) is 30.8 Å². The average Bonchev–Trinajstić information content (AvgIpc) is 3.03. The van der Waals surface area contributed by atoms with Gasteiger partial charge in [0.15, 0.2) is 0 Å². The standard InChI is InChI=1S/C16H21N5O2/c1-10(2)14-17-5-7-21(14)11(3)16(23)20-6-4-12-13(8-20)18-9-19-15(12)22/h5,7,9-11H,4,6,8H2,1-3H3,(H,18,19,22)/t11-/m1/s1. The minimum atomic E-state index is -0.321. The minimum absolute atomic E-state index is 0.0256. The Labute approximate surface area is 134 Å². The Morgan fingerprint density at radius 1 is 1.30 bits per heavy atom. The zero-order valence-electron chi connectivity index (χ0n) is 13.6. The molecule has 0 spiro atoms. The lowest BCUT2D eigenvalue weighted by atomic mass is 10.1. The smallest absolute Gasteiger partial charge is 0.254 e. The Morgan fingerprint density at radius 2 is 2.09 bits per heavy atom. The Kier molecular flexibility index (Phi) is 4.02.